The van der Waals surface area contributed by atoms with Crippen LogP contribution >= 0.6 is 0 Å². The van der Waals surface area contributed by atoms with Crippen LogP contribution in [0.4, 0.5) is 0 Å². The predicted molar refractivity (Wildman–Crippen MR) is 158 cm³/mol. The molecule has 0 fully saturated rings. The van der Waals surface area contributed by atoms with E-state index in [4.69, 9.17) is 14.2 Å². The molecule has 17 nitrogen and oxygen atoms in total. The van der Waals surface area contributed by atoms with Crippen molar-refractivity contribution in [1.29, 1.82) is 0 Å². The van der Waals surface area contributed by atoms with Gasteiger partial charge in [-0.05, 0) is 43.4 Å². The molecule has 270 valence electrons. The van der Waals surface area contributed by atoms with Gasteiger partial charge in [-0.15, -0.1) is 0 Å². The van der Waals surface area contributed by atoms with Crippen molar-refractivity contribution in [3.8, 4) is 11.5 Å². The van der Waals surface area contributed by atoms with Gasteiger partial charge < -0.3 is 64.9 Å². The summed E-state index contributed by atoms with van der Waals surface area (Å²) in [6.45, 7) is 2.75. The number of amides is 1. The normalized spacial score (nSPS) is 16.7. The van der Waals surface area contributed by atoms with Gasteiger partial charge in [0.1, 0.15) is 0 Å². The van der Waals surface area contributed by atoms with E-state index in [2.05, 4.69) is 5.32 Å². The molecule has 18 heteroatoms. The summed E-state index contributed by atoms with van der Waals surface area (Å²) in [5, 5.41) is 76.1. The third-order valence-electron chi connectivity index (χ3n) is 8.52. The van der Waals surface area contributed by atoms with Gasteiger partial charge in [0.15, 0.2) is 11.5 Å². The third kappa shape index (κ3) is 12.5. The van der Waals surface area contributed by atoms with Crippen molar-refractivity contribution >= 4 is 35.8 Å². The topological polar surface area (TPSA) is 289 Å². The summed E-state index contributed by atoms with van der Waals surface area (Å²) >= 11 is 0. The smallest absolute Gasteiger partial charge is 0.550 e. The second-order valence-electron chi connectivity index (χ2n) is 11.3. The molecule has 1 rings (SSSR count). The number of rotatable bonds is 23. The van der Waals surface area contributed by atoms with Crippen LogP contribution < -0.4 is 34.4 Å². The standard InChI is InChI=1S/C31H45NO16.Li/c1-6-20(46-3)24(30(42)43)16(27(36)37)13-22(48-5)25(31(44)45)17(28(38)39)12-21(47-4)23(29(40)41)14(2)26(35)32-10-9-15-7-8-18(33)19(34)11-15;/h7-8,11,14,16-17,20-25,33-34H,6,9-10,12-13H2,1-5H3,(H,32,35)(H,36,37)(H,38,39)(H,40,41)(H,42,43)(H,44,45);/q;+1/p-2. The van der Waals surface area contributed by atoms with Crippen LogP contribution in [0.2, 0.25) is 0 Å². The number of carbonyl (C=O) groups excluding carboxylic acids is 3. The van der Waals surface area contributed by atoms with Crippen LogP contribution in [-0.4, -0.2) is 107 Å². The van der Waals surface area contributed by atoms with E-state index >= 15 is 0 Å². The largest absolute Gasteiger partial charge is 1.00 e. The second kappa shape index (κ2) is 21.3. The zero-order valence-electron chi connectivity index (χ0n) is 28.2. The molecule has 1 aromatic rings. The van der Waals surface area contributed by atoms with Crippen LogP contribution in [-0.2, 0) is 49.4 Å². The van der Waals surface area contributed by atoms with Gasteiger partial charge in [0.25, 0.3) is 0 Å². The van der Waals surface area contributed by atoms with Crippen molar-refractivity contribution in [2.24, 2.45) is 35.5 Å². The number of benzene rings is 1. The molecule has 0 radical (unpaired) electrons. The fourth-order valence-electron chi connectivity index (χ4n) is 5.88. The number of carboxylic acids is 5. The van der Waals surface area contributed by atoms with Gasteiger partial charge >= 0.3 is 36.8 Å². The molecule has 1 amide bonds. The molecule has 0 aromatic heterocycles. The minimum absolute atomic E-state index is 0. The average molecular weight is 693 g/mol. The summed E-state index contributed by atoms with van der Waals surface area (Å²) in [5.41, 5.74) is 0.537. The quantitative estimate of drug-likeness (QED) is 0.0465. The van der Waals surface area contributed by atoms with Gasteiger partial charge in [0.2, 0.25) is 5.91 Å². The summed E-state index contributed by atoms with van der Waals surface area (Å²) in [6.07, 6.45) is -5.94. The van der Waals surface area contributed by atoms with Crippen molar-refractivity contribution in [2.45, 2.75) is 57.8 Å². The first-order valence-electron chi connectivity index (χ1n) is 14.9. The van der Waals surface area contributed by atoms with E-state index in [1.807, 2.05) is 0 Å². The van der Waals surface area contributed by atoms with Crippen LogP contribution in [0.1, 0.15) is 38.7 Å². The minimum atomic E-state index is -2.10. The Kier molecular flexibility index (Phi) is 19.6. The van der Waals surface area contributed by atoms with Crippen molar-refractivity contribution in [3.63, 3.8) is 0 Å². The number of phenolic OH excluding ortho intramolecular Hbond substituents is 2. The van der Waals surface area contributed by atoms with Crippen molar-refractivity contribution in [2.75, 3.05) is 27.9 Å². The van der Waals surface area contributed by atoms with Crippen molar-refractivity contribution in [1.82, 2.24) is 5.32 Å². The second-order valence-corrected chi connectivity index (χ2v) is 11.3. The zero-order valence-corrected chi connectivity index (χ0v) is 28.2. The predicted octanol–water partition coefficient (Wildman–Crippen LogP) is -4.53. The van der Waals surface area contributed by atoms with Gasteiger partial charge in [0.05, 0.1) is 42.0 Å². The van der Waals surface area contributed by atoms with E-state index in [1.54, 1.807) is 0 Å². The van der Waals surface area contributed by atoms with Crippen LogP contribution in [0.15, 0.2) is 18.2 Å². The Morgan fingerprint density at radius 1 is 0.735 bits per heavy atom. The van der Waals surface area contributed by atoms with Gasteiger partial charge in [-0.2, -0.15) is 0 Å². The first-order chi connectivity index (χ1) is 22.5. The average Bonchev–Trinajstić information content (AvgIpc) is 3.01. The molecule has 0 spiro atoms. The maximum absolute atomic E-state index is 13.0. The molecule has 1 aromatic carbocycles. The van der Waals surface area contributed by atoms with Crippen LogP contribution in [0.5, 0.6) is 11.5 Å². The molecule has 0 aliphatic heterocycles. The summed E-state index contributed by atoms with van der Waals surface area (Å²) in [6, 6.07) is 4.01. The summed E-state index contributed by atoms with van der Waals surface area (Å²) in [5.74, 6) is -21.2. The summed E-state index contributed by atoms with van der Waals surface area (Å²) in [4.78, 5) is 74.5. The maximum Gasteiger partial charge on any atom is 1.00 e. The summed E-state index contributed by atoms with van der Waals surface area (Å²) < 4.78 is 15.6. The Balaban J connectivity index is 0.0000230. The first-order valence-corrected chi connectivity index (χ1v) is 14.9. The van der Waals surface area contributed by atoms with Crippen molar-refractivity contribution < 1.29 is 97.6 Å². The van der Waals surface area contributed by atoms with E-state index in [0.29, 0.717) is 5.56 Å². The molecule has 0 bridgehead atoms. The fraction of sp³-hybridized carbons (Fsp3) is 0.613. The van der Waals surface area contributed by atoms with Gasteiger partial charge in [-0.25, -0.2) is 0 Å². The molecule has 0 aliphatic carbocycles. The van der Waals surface area contributed by atoms with Crippen LogP contribution in [0, 0.1) is 35.5 Å². The molecular formula is C31H43LiNO16-. The number of aliphatic carboxylic acids is 5. The number of carboxylic acid groups (broad SMARTS) is 5. The number of hydrogen-bond donors (Lipinski definition) is 6. The Morgan fingerprint density at radius 2 is 1.16 bits per heavy atom. The van der Waals surface area contributed by atoms with E-state index in [1.165, 1.54) is 32.0 Å². The molecule has 6 N–H and O–H groups in total. The van der Waals surface area contributed by atoms with Crippen LogP contribution in [0.3, 0.4) is 0 Å². The number of hydrogen-bond acceptors (Lipinski definition) is 13. The molecule has 0 heterocycles. The zero-order chi connectivity index (χ0) is 36.9. The van der Waals surface area contributed by atoms with E-state index < -0.39 is 102 Å². The number of phenols is 2. The Morgan fingerprint density at radius 3 is 1.53 bits per heavy atom. The number of nitrogens with one attached hydrogen (secondary N) is 1. The van der Waals surface area contributed by atoms with E-state index in [9.17, 15) is 64.5 Å². The SMILES string of the molecule is CCC(OC)C(C(=O)O)C(CC(OC)C(C(=O)O)C(CC(OC)C(C(=O)O)C(C)C(=O)NCCc1ccc(O)c(O)c1)C(=O)[O-])C(=O)[O-].[Li+]. The number of ether oxygens (including phenoxy) is 3. The molecule has 0 saturated heterocycles. The molecule has 0 aliphatic rings. The molecule has 49 heavy (non-hydrogen) atoms. The molecule has 9 atom stereocenters. The molecular weight excluding hydrogens is 649 g/mol. The summed E-state index contributed by atoms with van der Waals surface area (Å²) in [7, 11) is 3.14. The number of aromatic hydroxyl groups is 2. The monoisotopic (exact) mass is 692 g/mol. The molecule has 0 saturated carbocycles. The minimum Gasteiger partial charge on any atom is -0.550 e. The Hall–Kier alpha value is -3.88. The molecule has 9 unspecified atom stereocenters. The van der Waals surface area contributed by atoms with Crippen LogP contribution in [0.25, 0.3) is 0 Å². The van der Waals surface area contributed by atoms with E-state index in [-0.39, 0.29) is 49.7 Å². The van der Waals surface area contributed by atoms with E-state index in [0.717, 1.165) is 21.3 Å². The van der Waals surface area contributed by atoms with Gasteiger partial charge in [0, 0.05) is 51.6 Å². The van der Waals surface area contributed by atoms with Gasteiger partial charge in [-0.3, -0.25) is 19.2 Å². The van der Waals surface area contributed by atoms with Crippen molar-refractivity contribution in [3.05, 3.63) is 23.8 Å². The number of carbonyl (C=O) groups is 6. The van der Waals surface area contributed by atoms with Gasteiger partial charge in [-0.1, -0.05) is 19.9 Å². The fourth-order valence-corrected chi connectivity index (χ4v) is 5.88. The first kappa shape index (κ1) is 45.1. The Labute approximate surface area is 294 Å². The Bertz CT molecular complexity index is 1290. The number of methoxy groups -OCH3 is 3. The maximum atomic E-state index is 13.0. The third-order valence-corrected chi connectivity index (χ3v) is 8.52.